The molecule has 1 saturated carbocycles. The van der Waals surface area contributed by atoms with Gasteiger partial charge < -0.3 is 9.53 Å². The van der Waals surface area contributed by atoms with E-state index in [-0.39, 0.29) is 11.0 Å². The van der Waals surface area contributed by atoms with Crippen LogP contribution in [0.4, 0.5) is 0 Å². The molecule has 0 heterocycles. The van der Waals surface area contributed by atoms with Gasteiger partial charge in [-0.2, -0.15) is 0 Å². The lowest BCUT2D eigenvalue weighted by Gasteiger charge is -2.44. The largest absolute Gasteiger partial charge is 0.415 e. The van der Waals surface area contributed by atoms with E-state index >= 15 is 0 Å². The van der Waals surface area contributed by atoms with Gasteiger partial charge in [0.1, 0.15) is 0 Å². The molecule has 0 amide bonds. The molecule has 0 saturated heterocycles. The second-order valence-electron chi connectivity index (χ2n) is 6.20. The lowest BCUT2D eigenvalue weighted by atomic mass is 9.75. The van der Waals surface area contributed by atoms with Crippen LogP contribution >= 0.6 is 0 Å². The van der Waals surface area contributed by atoms with Gasteiger partial charge in [-0.3, -0.25) is 0 Å². The first kappa shape index (κ1) is 13.2. The third-order valence-electron chi connectivity index (χ3n) is 3.66. The van der Waals surface area contributed by atoms with Gasteiger partial charge in [0.15, 0.2) is 9.04 Å². The number of hydrogen-bond donors (Lipinski definition) is 1. The quantitative estimate of drug-likeness (QED) is 0.755. The predicted octanol–water partition coefficient (Wildman–Crippen LogP) is 2.56. The van der Waals surface area contributed by atoms with Crippen LogP contribution in [0.2, 0.25) is 13.1 Å². The number of hydrogen-bond acceptors (Lipinski definition) is 2. The summed E-state index contributed by atoms with van der Waals surface area (Å²) in [6, 6.07) is 0. The third-order valence-corrected chi connectivity index (χ3v) is 4.58. The summed E-state index contributed by atoms with van der Waals surface area (Å²) in [6.07, 6.45) is 3.28. The average molecular weight is 230 g/mol. The second kappa shape index (κ2) is 4.56. The molecule has 1 N–H and O–H groups in total. The first-order valence-corrected chi connectivity index (χ1v) is 8.87. The van der Waals surface area contributed by atoms with Gasteiger partial charge in [-0.05, 0) is 43.7 Å². The number of aliphatic hydroxyl groups excluding tert-OH is 1. The first-order valence-electron chi connectivity index (χ1n) is 6.09. The SMILES string of the molecule is C[SiH](C)O[C@@]1(C(C)(C)C)CC[C@H](CO)C1. The Morgan fingerprint density at radius 3 is 2.33 bits per heavy atom. The highest BCUT2D eigenvalue weighted by atomic mass is 28.3. The molecule has 0 aliphatic heterocycles. The van der Waals surface area contributed by atoms with Crippen LogP contribution in [0, 0.1) is 11.3 Å². The van der Waals surface area contributed by atoms with E-state index in [9.17, 15) is 5.11 Å². The van der Waals surface area contributed by atoms with Gasteiger partial charge in [0, 0.05) is 6.61 Å². The summed E-state index contributed by atoms with van der Waals surface area (Å²) in [4.78, 5) is 0. The molecule has 0 aromatic rings. The Hall–Kier alpha value is 0.137. The summed E-state index contributed by atoms with van der Waals surface area (Å²) < 4.78 is 6.32. The van der Waals surface area contributed by atoms with Crippen molar-refractivity contribution < 1.29 is 9.53 Å². The minimum absolute atomic E-state index is 0.0286. The summed E-state index contributed by atoms with van der Waals surface area (Å²) in [5.41, 5.74) is 0.217. The molecule has 0 unspecified atom stereocenters. The van der Waals surface area contributed by atoms with E-state index in [0.717, 1.165) is 19.3 Å². The van der Waals surface area contributed by atoms with Gasteiger partial charge >= 0.3 is 0 Å². The van der Waals surface area contributed by atoms with E-state index in [0.29, 0.717) is 12.5 Å². The zero-order valence-corrected chi connectivity index (χ0v) is 12.0. The number of rotatable bonds is 3. The van der Waals surface area contributed by atoms with E-state index in [1.54, 1.807) is 0 Å². The normalized spacial score (nSPS) is 32.6. The molecule has 2 atom stereocenters. The van der Waals surface area contributed by atoms with Gasteiger partial charge in [0.2, 0.25) is 0 Å². The Morgan fingerprint density at radius 1 is 1.40 bits per heavy atom. The standard InChI is InChI=1S/C12H26O2Si/c1-11(2,3)12(14-15(4)5)7-6-10(8-12)9-13/h10,13,15H,6-9H2,1-5H3/t10-,12-/m0/s1. The zero-order valence-electron chi connectivity index (χ0n) is 10.8. The lowest BCUT2D eigenvalue weighted by Crippen LogP contribution is -2.46. The second-order valence-corrected chi connectivity index (χ2v) is 8.54. The van der Waals surface area contributed by atoms with Crippen molar-refractivity contribution in [3.05, 3.63) is 0 Å². The fourth-order valence-corrected chi connectivity index (χ4v) is 4.15. The minimum atomic E-state index is -1.01. The maximum atomic E-state index is 9.25. The monoisotopic (exact) mass is 230 g/mol. The summed E-state index contributed by atoms with van der Waals surface area (Å²) in [5, 5.41) is 9.25. The molecular weight excluding hydrogens is 204 g/mol. The van der Waals surface area contributed by atoms with Gasteiger partial charge in [-0.1, -0.05) is 20.8 Å². The Balaban J connectivity index is 2.80. The van der Waals surface area contributed by atoms with E-state index in [2.05, 4.69) is 33.9 Å². The van der Waals surface area contributed by atoms with E-state index in [1.165, 1.54) is 0 Å². The van der Waals surface area contributed by atoms with Crippen LogP contribution < -0.4 is 0 Å². The van der Waals surface area contributed by atoms with Crippen molar-refractivity contribution in [1.82, 2.24) is 0 Å². The molecule has 0 aromatic carbocycles. The van der Waals surface area contributed by atoms with Crippen molar-refractivity contribution in [2.45, 2.75) is 58.7 Å². The fourth-order valence-electron chi connectivity index (χ4n) is 2.68. The lowest BCUT2D eigenvalue weighted by molar-refractivity contribution is -0.0340. The smallest absolute Gasteiger partial charge is 0.171 e. The van der Waals surface area contributed by atoms with Crippen LogP contribution in [-0.4, -0.2) is 26.4 Å². The summed E-state index contributed by atoms with van der Waals surface area (Å²) >= 11 is 0. The van der Waals surface area contributed by atoms with Gasteiger partial charge in [-0.25, -0.2) is 0 Å². The fraction of sp³-hybridized carbons (Fsp3) is 1.00. The summed E-state index contributed by atoms with van der Waals surface area (Å²) in [7, 11) is -1.01. The molecule has 1 fully saturated rings. The molecule has 0 spiro atoms. The molecule has 2 nitrogen and oxygen atoms in total. The van der Waals surface area contributed by atoms with Gasteiger partial charge in [-0.15, -0.1) is 0 Å². The minimum Gasteiger partial charge on any atom is -0.415 e. The van der Waals surface area contributed by atoms with Crippen molar-refractivity contribution in [3.8, 4) is 0 Å². The molecule has 3 heteroatoms. The first-order chi connectivity index (χ1) is 6.81. The van der Waals surface area contributed by atoms with E-state index < -0.39 is 9.04 Å². The van der Waals surface area contributed by atoms with Crippen LogP contribution in [0.3, 0.4) is 0 Å². The highest BCUT2D eigenvalue weighted by molar-refractivity contribution is 6.48. The van der Waals surface area contributed by atoms with Crippen LogP contribution in [0.5, 0.6) is 0 Å². The van der Waals surface area contributed by atoms with Crippen LogP contribution in [0.15, 0.2) is 0 Å². The molecule has 0 radical (unpaired) electrons. The van der Waals surface area contributed by atoms with Crippen molar-refractivity contribution in [3.63, 3.8) is 0 Å². The number of aliphatic hydroxyl groups is 1. The predicted molar refractivity (Wildman–Crippen MR) is 66.6 cm³/mol. The van der Waals surface area contributed by atoms with Crippen molar-refractivity contribution in [2.24, 2.45) is 11.3 Å². The Labute approximate surface area is 95.8 Å². The Morgan fingerprint density at radius 2 is 2.00 bits per heavy atom. The molecule has 1 aliphatic carbocycles. The summed E-state index contributed by atoms with van der Waals surface area (Å²) in [5.74, 6) is 0.456. The van der Waals surface area contributed by atoms with Crippen molar-refractivity contribution >= 4 is 9.04 Å². The van der Waals surface area contributed by atoms with Gasteiger partial charge in [0.25, 0.3) is 0 Å². The van der Waals surface area contributed by atoms with Gasteiger partial charge in [0.05, 0.1) is 5.60 Å². The maximum Gasteiger partial charge on any atom is 0.171 e. The molecule has 1 aliphatic rings. The maximum absolute atomic E-state index is 9.25. The molecule has 1 rings (SSSR count). The Bertz CT molecular complexity index is 210. The van der Waals surface area contributed by atoms with Crippen LogP contribution in [0.1, 0.15) is 40.0 Å². The van der Waals surface area contributed by atoms with Crippen molar-refractivity contribution in [2.75, 3.05) is 6.61 Å². The molecular formula is C12H26O2Si. The van der Waals surface area contributed by atoms with Crippen LogP contribution in [0.25, 0.3) is 0 Å². The van der Waals surface area contributed by atoms with E-state index in [4.69, 9.17) is 4.43 Å². The summed E-state index contributed by atoms with van der Waals surface area (Å²) in [6.45, 7) is 11.6. The van der Waals surface area contributed by atoms with Crippen LogP contribution in [-0.2, 0) is 4.43 Å². The average Bonchev–Trinajstić information content (AvgIpc) is 2.47. The molecule has 15 heavy (non-hydrogen) atoms. The topological polar surface area (TPSA) is 29.5 Å². The Kier molecular flexibility index (Phi) is 4.01. The highest BCUT2D eigenvalue weighted by Crippen LogP contribution is 2.48. The molecule has 90 valence electrons. The third kappa shape index (κ3) is 2.83. The highest BCUT2D eigenvalue weighted by Gasteiger charge is 2.48. The molecule has 0 bridgehead atoms. The zero-order chi connectivity index (χ0) is 11.7. The van der Waals surface area contributed by atoms with E-state index in [1.807, 2.05) is 0 Å². The van der Waals surface area contributed by atoms with Crippen molar-refractivity contribution in [1.29, 1.82) is 0 Å². The molecule has 0 aromatic heterocycles.